The van der Waals surface area contributed by atoms with E-state index < -0.39 is 0 Å². The molecule has 6 heteroatoms. The predicted octanol–water partition coefficient (Wildman–Crippen LogP) is 4.51. The largest absolute Gasteiger partial charge is 0.355 e. The minimum atomic E-state index is 0.0237. The molecule has 0 saturated carbocycles. The van der Waals surface area contributed by atoms with Crippen molar-refractivity contribution in [1.29, 1.82) is 0 Å². The third kappa shape index (κ3) is 5.01. The summed E-state index contributed by atoms with van der Waals surface area (Å²) in [7, 11) is 0. The number of nitrogens with one attached hydrogen (secondary N) is 1. The molecule has 28 heavy (non-hydrogen) atoms. The van der Waals surface area contributed by atoms with E-state index in [-0.39, 0.29) is 5.91 Å². The van der Waals surface area contributed by atoms with Gasteiger partial charge < -0.3 is 5.32 Å². The van der Waals surface area contributed by atoms with Gasteiger partial charge in [-0.25, -0.2) is 0 Å². The molecule has 2 aromatic carbocycles. The van der Waals surface area contributed by atoms with Crippen LogP contribution in [-0.2, 0) is 11.2 Å². The number of aryl methyl sites for hydroxylation is 1. The van der Waals surface area contributed by atoms with E-state index in [1.807, 2.05) is 34.9 Å². The number of nitrogens with zero attached hydrogens (tertiary/aromatic N) is 3. The third-order valence-corrected chi connectivity index (χ3v) is 5.38. The normalized spacial score (nSPS) is 10.8. The minimum Gasteiger partial charge on any atom is -0.355 e. The maximum atomic E-state index is 12.1. The highest BCUT2D eigenvalue weighted by atomic mass is 32.2. The Kier molecular flexibility index (Phi) is 7.25. The summed E-state index contributed by atoms with van der Waals surface area (Å²) >= 11 is 1.41. The molecule has 0 aliphatic carbocycles. The number of aromatic nitrogens is 3. The first-order valence-electron chi connectivity index (χ1n) is 9.72. The van der Waals surface area contributed by atoms with E-state index in [1.165, 1.54) is 17.3 Å². The van der Waals surface area contributed by atoms with E-state index in [1.54, 1.807) is 0 Å². The van der Waals surface area contributed by atoms with Gasteiger partial charge >= 0.3 is 0 Å². The molecule has 0 fully saturated rings. The number of benzene rings is 2. The van der Waals surface area contributed by atoms with Gasteiger partial charge in [0.05, 0.1) is 5.75 Å². The van der Waals surface area contributed by atoms with Crippen LogP contribution in [0.25, 0.3) is 17.1 Å². The fourth-order valence-electron chi connectivity index (χ4n) is 2.84. The van der Waals surface area contributed by atoms with Crippen molar-refractivity contribution < 1.29 is 4.79 Å². The van der Waals surface area contributed by atoms with Crippen LogP contribution >= 0.6 is 11.8 Å². The molecule has 0 bridgehead atoms. The topological polar surface area (TPSA) is 59.8 Å². The summed E-state index contributed by atoms with van der Waals surface area (Å²) in [4.78, 5) is 12.1. The molecule has 1 heterocycles. The number of rotatable bonds is 9. The Morgan fingerprint density at radius 2 is 1.79 bits per heavy atom. The van der Waals surface area contributed by atoms with Gasteiger partial charge in [0, 0.05) is 17.8 Å². The van der Waals surface area contributed by atoms with E-state index in [4.69, 9.17) is 0 Å². The zero-order valence-electron chi connectivity index (χ0n) is 16.4. The van der Waals surface area contributed by atoms with Crippen LogP contribution in [0.4, 0.5) is 0 Å². The Labute approximate surface area is 170 Å². The van der Waals surface area contributed by atoms with E-state index in [0.717, 1.165) is 42.9 Å². The van der Waals surface area contributed by atoms with E-state index in [9.17, 15) is 4.79 Å². The quantitative estimate of drug-likeness (QED) is 0.429. The Bertz CT molecular complexity index is 891. The van der Waals surface area contributed by atoms with Gasteiger partial charge in [-0.05, 0) is 30.5 Å². The number of amides is 1. The second-order valence-electron chi connectivity index (χ2n) is 6.52. The summed E-state index contributed by atoms with van der Waals surface area (Å²) in [6, 6.07) is 18.4. The summed E-state index contributed by atoms with van der Waals surface area (Å²) in [5, 5.41) is 12.5. The first-order chi connectivity index (χ1) is 13.7. The van der Waals surface area contributed by atoms with Crippen molar-refractivity contribution in [2.45, 2.75) is 38.3 Å². The van der Waals surface area contributed by atoms with Gasteiger partial charge in [0.1, 0.15) is 0 Å². The highest BCUT2D eigenvalue weighted by Gasteiger charge is 2.17. The smallest absolute Gasteiger partial charge is 0.230 e. The van der Waals surface area contributed by atoms with E-state index in [2.05, 4.69) is 53.6 Å². The molecular weight excluding hydrogens is 368 g/mol. The van der Waals surface area contributed by atoms with Gasteiger partial charge in [-0.1, -0.05) is 74.5 Å². The summed E-state index contributed by atoms with van der Waals surface area (Å²) in [5.74, 6) is 1.12. The standard InChI is InChI=1S/C22H26N4OS/c1-3-5-15-23-20(27)16-28-22-25-24-21(18-9-7-6-8-10-18)26(22)19-13-11-17(4-2)12-14-19/h6-14H,3-5,15-16H2,1-2H3,(H,23,27). The molecule has 0 atom stereocenters. The lowest BCUT2D eigenvalue weighted by molar-refractivity contribution is -0.118. The molecule has 5 nitrogen and oxygen atoms in total. The second kappa shape index (κ2) is 10.1. The van der Waals surface area contributed by atoms with Crippen LogP contribution in [0.2, 0.25) is 0 Å². The molecule has 0 aliphatic heterocycles. The Morgan fingerprint density at radius 3 is 2.46 bits per heavy atom. The van der Waals surface area contributed by atoms with Crippen LogP contribution in [-0.4, -0.2) is 33.0 Å². The first kappa shape index (κ1) is 20.1. The molecule has 3 rings (SSSR count). The molecule has 146 valence electrons. The fraction of sp³-hybridized carbons (Fsp3) is 0.318. The molecule has 1 amide bonds. The monoisotopic (exact) mass is 394 g/mol. The predicted molar refractivity (Wildman–Crippen MR) is 115 cm³/mol. The molecule has 1 N–H and O–H groups in total. The van der Waals surface area contributed by atoms with Gasteiger partial charge in [-0.15, -0.1) is 10.2 Å². The Morgan fingerprint density at radius 1 is 1.04 bits per heavy atom. The van der Waals surface area contributed by atoms with Gasteiger partial charge in [0.2, 0.25) is 5.91 Å². The lowest BCUT2D eigenvalue weighted by atomic mass is 10.1. The lowest BCUT2D eigenvalue weighted by Crippen LogP contribution is -2.26. The van der Waals surface area contributed by atoms with Crippen molar-refractivity contribution >= 4 is 17.7 Å². The molecular formula is C22H26N4OS. The summed E-state index contributed by atoms with van der Waals surface area (Å²) in [5.41, 5.74) is 3.27. The zero-order chi connectivity index (χ0) is 19.8. The number of hydrogen-bond acceptors (Lipinski definition) is 4. The van der Waals surface area contributed by atoms with Gasteiger partial charge in [0.25, 0.3) is 0 Å². The third-order valence-electron chi connectivity index (χ3n) is 4.45. The molecule has 1 aromatic heterocycles. The second-order valence-corrected chi connectivity index (χ2v) is 7.46. The molecule has 3 aromatic rings. The van der Waals surface area contributed by atoms with E-state index in [0.29, 0.717) is 10.9 Å². The Balaban J connectivity index is 1.87. The van der Waals surface area contributed by atoms with Crippen molar-refractivity contribution in [3.05, 3.63) is 60.2 Å². The molecule has 0 radical (unpaired) electrons. The van der Waals surface area contributed by atoms with Crippen LogP contribution in [0, 0.1) is 0 Å². The first-order valence-corrected chi connectivity index (χ1v) is 10.7. The summed E-state index contributed by atoms with van der Waals surface area (Å²) in [6.07, 6.45) is 3.05. The zero-order valence-corrected chi connectivity index (χ0v) is 17.2. The summed E-state index contributed by atoms with van der Waals surface area (Å²) in [6.45, 7) is 4.97. The fourth-order valence-corrected chi connectivity index (χ4v) is 3.62. The van der Waals surface area contributed by atoms with Crippen molar-refractivity contribution in [2.24, 2.45) is 0 Å². The van der Waals surface area contributed by atoms with Crippen molar-refractivity contribution in [3.8, 4) is 17.1 Å². The average molecular weight is 395 g/mol. The number of carbonyl (C=O) groups excluding carboxylic acids is 1. The molecule has 0 unspecified atom stereocenters. The maximum absolute atomic E-state index is 12.1. The van der Waals surface area contributed by atoms with Crippen LogP contribution in [0.5, 0.6) is 0 Å². The molecule has 0 aliphatic rings. The van der Waals surface area contributed by atoms with Crippen LogP contribution in [0.1, 0.15) is 32.3 Å². The van der Waals surface area contributed by atoms with Gasteiger partial charge in [-0.3, -0.25) is 9.36 Å². The van der Waals surface area contributed by atoms with Crippen LogP contribution in [0.15, 0.2) is 59.8 Å². The maximum Gasteiger partial charge on any atom is 0.230 e. The lowest BCUT2D eigenvalue weighted by Gasteiger charge is -2.11. The minimum absolute atomic E-state index is 0.0237. The van der Waals surface area contributed by atoms with Gasteiger partial charge in [-0.2, -0.15) is 0 Å². The van der Waals surface area contributed by atoms with Crippen LogP contribution < -0.4 is 5.32 Å². The summed E-state index contributed by atoms with van der Waals surface area (Å²) < 4.78 is 2.03. The molecule has 0 spiro atoms. The number of thioether (sulfide) groups is 1. The van der Waals surface area contributed by atoms with Crippen molar-refractivity contribution in [1.82, 2.24) is 20.1 Å². The van der Waals surface area contributed by atoms with Gasteiger partial charge in [0.15, 0.2) is 11.0 Å². The highest BCUT2D eigenvalue weighted by Crippen LogP contribution is 2.28. The number of hydrogen-bond donors (Lipinski definition) is 1. The number of carbonyl (C=O) groups is 1. The van der Waals surface area contributed by atoms with Crippen LogP contribution in [0.3, 0.4) is 0 Å². The Hall–Kier alpha value is -2.60. The van der Waals surface area contributed by atoms with E-state index >= 15 is 0 Å². The molecule has 0 saturated heterocycles. The average Bonchev–Trinajstić information content (AvgIpc) is 3.17. The number of unbranched alkanes of at least 4 members (excludes halogenated alkanes) is 1. The SMILES string of the molecule is CCCCNC(=O)CSc1nnc(-c2ccccc2)n1-c1ccc(CC)cc1. The van der Waals surface area contributed by atoms with Crippen molar-refractivity contribution in [3.63, 3.8) is 0 Å². The van der Waals surface area contributed by atoms with Crippen molar-refractivity contribution in [2.75, 3.05) is 12.3 Å². The highest BCUT2D eigenvalue weighted by molar-refractivity contribution is 7.99.